The Labute approximate surface area is 170 Å². The van der Waals surface area contributed by atoms with E-state index in [1.165, 1.54) is 0 Å². The molecule has 0 saturated heterocycles. The zero-order valence-corrected chi connectivity index (χ0v) is 17.2. The van der Waals surface area contributed by atoms with Crippen molar-refractivity contribution in [3.8, 4) is 0 Å². The van der Waals surface area contributed by atoms with Crippen LogP contribution >= 0.6 is 0 Å². The molecule has 1 rings (SSSR count). The Bertz CT molecular complexity index is 653. The average Bonchev–Trinajstić information content (AvgIpc) is 2.58. The molecule has 166 valence electrons. The summed E-state index contributed by atoms with van der Waals surface area (Å²) in [5, 5.41) is 32.3. The molecule has 1 amide bonds. The van der Waals surface area contributed by atoms with Gasteiger partial charge in [-0.1, -0.05) is 25.7 Å². The van der Waals surface area contributed by atoms with Crippen molar-refractivity contribution < 1.29 is 33.3 Å². The Hall–Kier alpha value is -1.64. The zero-order chi connectivity index (χ0) is 22.4. The summed E-state index contributed by atoms with van der Waals surface area (Å²) in [6, 6.07) is 0. The van der Waals surface area contributed by atoms with Crippen molar-refractivity contribution in [2.45, 2.75) is 83.3 Å². The number of amides is 1. The topological polar surface area (TPSA) is 89.8 Å². The molecule has 0 spiro atoms. The Morgan fingerprint density at radius 2 is 2.00 bits per heavy atom. The van der Waals surface area contributed by atoms with Crippen molar-refractivity contribution in [2.75, 3.05) is 0 Å². The quantitative estimate of drug-likeness (QED) is 0.358. The molecule has 0 radical (unpaired) electrons. The third-order valence-corrected chi connectivity index (χ3v) is 5.18. The number of allylic oxidation sites excluding steroid dienone is 3. The number of carbonyl (C=O) groups is 1. The highest BCUT2D eigenvalue weighted by atomic mass is 19.4. The molecule has 1 saturated carbocycles. The van der Waals surface area contributed by atoms with Crippen LogP contribution in [0.25, 0.3) is 0 Å². The molecule has 4 atom stereocenters. The number of halogens is 3. The Morgan fingerprint density at radius 3 is 2.55 bits per heavy atom. The van der Waals surface area contributed by atoms with E-state index < -0.39 is 36.3 Å². The number of nitrogens with one attached hydrogen (secondary N) is 1. The molecule has 4 N–H and O–H groups in total. The van der Waals surface area contributed by atoms with Gasteiger partial charge in [-0.05, 0) is 50.2 Å². The second kappa shape index (κ2) is 10.4. The van der Waals surface area contributed by atoms with Gasteiger partial charge in [0.15, 0.2) is 5.60 Å². The van der Waals surface area contributed by atoms with Crippen molar-refractivity contribution in [1.82, 2.24) is 5.32 Å². The summed E-state index contributed by atoms with van der Waals surface area (Å²) in [4.78, 5) is 12.3. The number of hydrogen-bond acceptors (Lipinski definition) is 4. The molecule has 5 nitrogen and oxygen atoms in total. The standard InChI is InChI=1S/C21H32F3NO4/c1-5-6-7-8-9-13(2)19(16-10-15(26)11-17(27)14(16)3)25-18(28)12-20(4,29)21(22,23)24/h5-6,13,15,17,26-27,29H,3,7-12H2,1-2,4H3,(H,25,28)/t13-,15+,17-,20-/m0/s1. The molecular formula is C21H32F3NO4. The maximum atomic E-state index is 12.9. The number of aliphatic hydroxyl groups is 3. The minimum absolute atomic E-state index is 0.113. The predicted octanol–water partition coefficient (Wildman–Crippen LogP) is 3.51. The minimum Gasteiger partial charge on any atom is -0.393 e. The van der Waals surface area contributed by atoms with Crippen LogP contribution in [0, 0.1) is 5.92 Å². The van der Waals surface area contributed by atoms with Crippen molar-refractivity contribution in [1.29, 1.82) is 0 Å². The monoisotopic (exact) mass is 419 g/mol. The molecule has 1 aliphatic carbocycles. The smallest absolute Gasteiger partial charge is 0.393 e. The van der Waals surface area contributed by atoms with Gasteiger partial charge in [0.05, 0.1) is 18.6 Å². The number of rotatable bonds is 8. The fourth-order valence-corrected chi connectivity index (χ4v) is 3.29. The number of alkyl halides is 3. The Kier molecular flexibility index (Phi) is 9.11. The van der Waals surface area contributed by atoms with Gasteiger partial charge < -0.3 is 20.6 Å². The van der Waals surface area contributed by atoms with Crippen molar-refractivity contribution >= 4 is 5.91 Å². The van der Waals surface area contributed by atoms with Gasteiger partial charge in [0.25, 0.3) is 0 Å². The summed E-state index contributed by atoms with van der Waals surface area (Å²) in [5.74, 6) is -1.23. The second-order valence-electron chi connectivity index (χ2n) is 7.92. The van der Waals surface area contributed by atoms with Gasteiger partial charge in [-0.25, -0.2) is 0 Å². The lowest BCUT2D eigenvalue weighted by Crippen LogP contribution is -2.46. The predicted molar refractivity (Wildman–Crippen MR) is 105 cm³/mol. The number of unbranched alkanes of at least 4 members (excludes halogenated alkanes) is 1. The number of carbonyl (C=O) groups excluding carboxylic acids is 1. The van der Waals surface area contributed by atoms with Gasteiger partial charge >= 0.3 is 6.18 Å². The summed E-state index contributed by atoms with van der Waals surface area (Å²) >= 11 is 0. The summed E-state index contributed by atoms with van der Waals surface area (Å²) < 4.78 is 38.8. The largest absolute Gasteiger partial charge is 0.417 e. The van der Waals surface area contributed by atoms with Gasteiger partial charge in [-0.15, -0.1) is 0 Å². The van der Waals surface area contributed by atoms with E-state index in [1.807, 2.05) is 26.0 Å². The van der Waals surface area contributed by atoms with Crippen LogP contribution in [0.3, 0.4) is 0 Å². The number of aliphatic hydroxyl groups excluding tert-OH is 2. The summed E-state index contributed by atoms with van der Waals surface area (Å²) in [6.07, 6.45) is -1.54. The van der Waals surface area contributed by atoms with Crippen LogP contribution in [-0.2, 0) is 4.79 Å². The van der Waals surface area contributed by atoms with Crippen LogP contribution in [0.2, 0.25) is 0 Å². The molecular weight excluding hydrogens is 387 g/mol. The van der Waals surface area contributed by atoms with Gasteiger partial charge in [0.2, 0.25) is 5.91 Å². The van der Waals surface area contributed by atoms with Crippen LogP contribution in [-0.4, -0.2) is 45.2 Å². The van der Waals surface area contributed by atoms with E-state index in [0.717, 1.165) is 12.8 Å². The lowest BCUT2D eigenvalue weighted by Gasteiger charge is -2.32. The van der Waals surface area contributed by atoms with Gasteiger partial charge in [0.1, 0.15) is 0 Å². The zero-order valence-electron chi connectivity index (χ0n) is 17.2. The van der Waals surface area contributed by atoms with Gasteiger partial charge in [-0.2, -0.15) is 13.2 Å². The minimum atomic E-state index is -4.95. The maximum absolute atomic E-state index is 12.9. The second-order valence-corrected chi connectivity index (χ2v) is 7.92. The molecule has 8 heteroatoms. The van der Waals surface area contributed by atoms with Crippen molar-refractivity contribution in [3.05, 3.63) is 35.6 Å². The lowest BCUT2D eigenvalue weighted by molar-refractivity contribution is -0.253. The first-order valence-corrected chi connectivity index (χ1v) is 9.78. The van der Waals surface area contributed by atoms with Crippen LogP contribution in [0.5, 0.6) is 0 Å². The molecule has 0 unspecified atom stereocenters. The highest BCUT2D eigenvalue weighted by Gasteiger charge is 2.51. The first kappa shape index (κ1) is 25.4. The van der Waals surface area contributed by atoms with E-state index in [4.69, 9.17) is 0 Å². The van der Waals surface area contributed by atoms with E-state index >= 15 is 0 Å². The van der Waals surface area contributed by atoms with E-state index in [-0.39, 0.29) is 18.8 Å². The highest BCUT2D eigenvalue weighted by molar-refractivity contribution is 5.79. The van der Waals surface area contributed by atoms with Crippen LogP contribution < -0.4 is 5.32 Å². The summed E-state index contributed by atoms with van der Waals surface area (Å²) in [5.41, 5.74) is -2.02. The summed E-state index contributed by atoms with van der Waals surface area (Å²) in [6.45, 7) is 8.10. The van der Waals surface area contributed by atoms with Crippen LogP contribution in [0.1, 0.15) is 59.3 Å². The third-order valence-electron chi connectivity index (χ3n) is 5.18. The van der Waals surface area contributed by atoms with Gasteiger partial charge in [0, 0.05) is 18.5 Å². The first-order valence-electron chi connectivity index (χ1n) is 9.78. The summed E-state index contributed by atoms with van der Waals surface area (Å²) in [7, 11) is 0. The van der Waals surface area contributed by atoms with E-state index in [0.29, 0.717) is 30.2 Å². The Morgan fingerprint density at radius 1 is 1.38 bits per heavy atom. The molecule has 0 aromatic heterocycles. The van der Waals surface area contributed by atoms with Crippen molar-refractivity contribution in [2.24, 2.45) is 5.92 Å². The Balaban J connectivity index is 3.12. The molecule has 0 heterocycles. The highest BCUT2D eigenvalue weighted by Crippen LogP contribution is 2.35. The molecule has 0 aromatic rings. The number of hydrogen-bond donors (Lipinski definition) is 4. The van der Waals surface area contributed by atoms with E-state index in [1.54, 1.807) is 0 Å². The molecule has 29 heavy (non-hydrogen) atoms. The fourth-order valence-electron chi connectivity index (χ4n) is 3.29. The molecule has 0 aromatic carbocycles. The van der Waals surface area contributed by atoms with E-state index in [9.17, 15) is 33.3 Å². The lowest BCUT2D eigenvalue weighted by atomic mass is 9.82. The SMILES string of the molecule is C=C1C(=C(NC(=O)C[C@](C)(O)C(F)(F)F)[C@@H](C)CCCC=CC)C[C@@H](O)C[C@@H]1O. The average molecular weight is 419 g/mol. The molecule has 1 aliphatic rings. The van der Waals surface area contributed by atoms with Crippen LogP contribution in [0.4, 0.5) is 13.2 Å². The van der Waals surface area contributed by atoms with E-state index in [2.05, 4.69) is 11.9 Å². The molecule has 0 bridgehead atoms. The molecule has 1 fully saturated rings. The van der Waals surface area contributed by atoms with Crippen molar-refractivity contribution in [3.63, 3.8) is 0 Å². The van der Waals surface area contributed by atoms with Crippen LogP contribution in [0.15, 0.2) is 35.6 Å². The maximum Gasteiger partial charge on any atom is 0.417 e. The first-order chi connectivity index (χ1) is 13.3. The normalized spacial score (nSPS) is 25.6. The van der Waals surface area contributed by atoms with Gasteiger partial charge in [-0.3, -0.25) is 4.79 Å². The molecule has 0 aliphatic heterocycles. The fraction of sp³-hybridized carbons (Fsp3) is 0.667. The third kappa shape index (κ3) is 7.28.